The van der Waals surface area contributed by atoms with Gasteiger partial charge in [0.25, 0.3) is 0 Å². The van der Waals surface area contributed by atoms with Crippen molar-refractivity contribution >= 4 is 20.8 Å². The van der Waals surface area contributed by atoms with Crippen molar-refractivity contribution in [1.29, 1.82) is 0 Å². The number of hydrogen-bond acceptors (Lipinski definition) is 3. The molecular formula is C15H21F2NO3S2. The Morgan fingerprint density at radius 1 is 1.17 bits per heavy atom. The summed E-state index contributed by atoms with van der Waals surface area (Å²) in [5, 5.41) is -4.03. The maximum absolute atomic E-state index is 14.8. The first kappa shape index (κ1) is 18.5. The van der Waals surface area contributed by atoms with E-state index in [1.54, 1.807) is 26.8 Å². The summed E-state index contributed by atoms with van der Waals surface area (Å²) in [6, 6.07) is 4.99. The molecule has 0 amide bonds. The van der Waals surface area contributed by atoms with Gasteiger partial charge in [-0.05, 0) is 51.7 Å². The van der Waals surface area contributed by atoms with Crippen LogP contribution < -0.4 is 4.72 Å². The number of halogens is 2. The predicted octanol–water partition coefficient (Wildman–Crippen LogP) is 2.88. The standard InChI is InChI=1S/C15H21F2NO3S2/c1-14(2,3)22(19)18-13(11-9-10-11)15(16,17)23(20,21)12-7-5-4-6-8-12/h4-8,11,13,18H,9-10H2,1-3H3/t13-,22-/m0/s1. The first-order valence-corrected chi connectivity index (χ1v) is 9.97. The number of hydrogen-bond donors (Lipinski definition) is 1. The van der Waals surface area contributed by atoms with Crippen molar-refractivity contribution in [2.75, 3.05) is 0 Å². The van der Waals surface area contributed by atoms with E-state index >= 15 is 0 Å². The molecule has 0 aliphatic heterocycles. The molecule has 0 heterocycles. The lowest BCUT2D eigenvalue weighted by molar-refractivity contribution is 0.0479. The fraction of sp³-hybridized carbons (Fsp3) is 0.600. The quantitative estimate of drug-likeness (QED) is 0.843. The number of alkyl halides is 2. The van der Waals surface area contributed by atoms with E-state index in [9.17, 15) is 21.4 Å². The first-order chi connectivity index (χ1) is 10.5. The monoisotopic (exact) mass is 365 g/mol. The van der Waals surface area contributed by atoms with E-state index in [0.29, 0.717) is 12.8 Å². The summed E-state index contributed by atoms with van der Waals surface area (Å²) in [6.07, 6.45) is 0.998. The van der Waals surface area contributed by atoms with Gasteiger partial charge in [0.15, 0.2) is 0 Å². The highest BCUT2D eigenvalue weighted by atomic mass is 32.2. The Kier molecular flexibility index (Phi) is 4.99. The number of nitrogens with one attached hydrogen (secondary N) is 1. The molecule has 0 aromatic heterocycles. The first-order valence-electron chi connectivity index (χ1n) is 7.33. The van der Waals surface area contributed by atoms with Crippen LogP contribution in [-0.2, 0) is 20.8 Å². The molecule has 0 unspecified atom stereocenters. The normalized spacial score (nSPS) is 19.3. The lowest BCUT2D eigenvalue weighted by atomic mass is 10.2. The zero-order valence-corrected chi connectivity index (χ0v) is 14.9. The fourth-order valence-electron chi connectivity index (χ4n) is 2.08. The Labute approximate surface area is 138 Å². The van der Waals surface area contributed by atoms with Crippen molar-refractivity contribution < 1.29 is 21.4 Å². The third-order valence-corrected chi connectivity index (χ3v) is 7.10. The molecule has 1 N–H and O–H groups in total. The van der Waals surface area contributed by atoms with Crippen LogP contribution in [0.25, 0.3) is 0 Å². The highest BCUT2D eigenvalue weighted by Crippen LogP contribution is 2.44. The Bertz CT molecular complexity index is 680. The molecule has 4 nitrogen and oxygen atoms in total. The number of sulfone groups is 1. The van der Waals surface area contributed by atoms with Gasteiger partial charge in [-0.15, -0.1) is 0 Å². The molecule has 2 atom stereocenters. The molecule has 1 aromatic carbocycles. The summed E-state index contributed by atoms with van der Waals surface area (Å²) in [4.78, 5) is -0.431. The van der Waals surface area contributed by atoms with Gasteiger partial charge in [-0.1, -0.05) is 18.2 Å². The molecule has 0 bridgehead atoms. The molecule has 0 saturated heterocycles. The van der Waals surface area contributed by atoms with E-state index < -0.39 is 47.7 Å². The molecule has 2 rings (SSSR count). The molecule has 1 saturated carbocycles. The van der Waals surface area contributed by atoms with E-state index in [-0.39, 0.29) is 0 Å². The van der Waals surface area contributed by atoms with Gasteiger partial charge in [0.05, 0.1) is 20.6 Å². The summed E-state index contributed by atoms with van der Waals surface area (Å²) < 4.78 is 68.2. The summed E-state index contributed by atoms with van der Waals surface area (Å²) in [6.45, 7) is 4.93. The Balaban J connectivity index is 2.36. The summed E-state index contributed by atoms with van der Waals surface area (Å²) in [5.41, 5.74) is 0. The van der Waals surface area contributed by atoms with Crippen molar-refractivity contribution in [1.82, 2.24) is 4.72 Å². The zero-order valence-electron chi connectivity index (χ0n) is 13.3. The molecule has 0 spiro atoms. The van der Waals surface area contributed by atoms with Crippen molar-refractivity contribution in [3.05, 3.63) is 30.3 Å². The summed E-state index contributed by atoms with van der Waals surface area (Å²) in [5.74, 6) is -0.491. The van der Waals surface area contributed by atoms with E-state index in [1.165, 1.54) is 12.1 Å². The maximum Gasteiger partial charge on any atom is 0.366 e. The van der Waals surface area contributed by atoms with Gasteiger partial charge in [-0.3, -0.25) is 0 Å². The van der Waals surface area contributed by atoms with Gasteiger partial charge in [0.1, 0.15) is 6.04 Å². The predicted molar refractivity (Wildman–Crippen MR) is 86.1 cm³/mol. The van der Waals surface area contributed by atoms with Gasteiger partial charge in [-0.25, -0.2) is 17.3 Å². The minimum Gasteiger partial charge on any atom is -0.242 e. The van der Waals surface area contributed by atoms with Gasteiger partial charge < -0.3 is 0 Å². The summed E-state index contributed by atoms with van der Waals surface area (Å²) >= 11 is 0. The maximum atomic E-state index is 14.8. The molecule has 0 radical (unpaired) electrons. The second-order valence-electron chi connectivity index (χ2n) is 6.69. The summed E-state index contributed by atoms with van der Waals surface area (Å²) in [7, 11) is -6.64. The van der Waals surface area contributed by atoms with Crippen LogP contribution in [0.4, 0.5) is 8.78 Å². The molecule has 8 heteroatoms. The molecule has 1 aliphatic carbocycles. The smallest absolute Gasteiger partial charge is 0.242 e. The average molecular weight is 365 g/mol. The van der Waals surface area contributed by atoms with Crippen LogP contribution >= 0.6 is 0 Å². The van der Waals surface area contributed by atoms with Crippen LogP contribution in [-0.4, -0.2) is 28.7 Å². The van der Waals surface area contributed by atoms with E-state index in [2.05, 4.69) is 4.72 Å². The molecule has 1 fully saturated rings. The van der Waals surface area contributed by atoms with Crippen molar-refractivity contribution in [2.24, 2.45) is 5.92 Å². The van der Waals surface area contributed by atoms with Crippen LogP contribution in [0.3, 0.4) is 0 Å². The third kappa shape index (κ3) is 3.80. The molecule has 130 valence electrons. The topological polar surface area (TPSA) is 63.2 Å². The third-order valence-electron chi connectivity index (χ3n) is 3.66. The fourth-order valence-corrected chi connectivity index (χ4v) is 4.50. The van der Waals surface area contributed by atoms with Gasteiger partial charge in [0.2, 0.25) is 9.84 Å². The van der Waals surface area contributed by atoms with Gasteiger partial charge >= 0.3 is 5.25 Å². The Hall–Kier alpha value is -0.860. The minimum atomic E-state index is -4.86. The van der Waals surface area contributed by atoms with Crippen LogP contribution in [0.15, 0.2) is 35.2 Å². The molecule has 1 aromatic rings. The number of rotatable bonds is 6. The Morgan fingerprint density at radius 3 is 2.13 bits per heavy atom. The van der Waals surface area contributed by atoms with E-state index in [0.717, 1.165) is 12.1 Å². The van der Waals surface area contributed by atoms with E-state index in [1.807, 2.05) is 0 Å². The second kappa shape index (κ2) is 6.22. The second-order valence-corrected chi connectivity index (χ2v) is 10.7. The highest BCUT2D eigenvalue weighted by molar-refractivity contribution is 7.92. The van der Waals surface area contributed by atoms with Crippen LogP contribution in [0.5, 0.6) is 0 Å². The number of benzene rings is 1. The average Bonchev–Trinajstić information content (AvgIpc) is 3.28. The van der Waals surface area contributed by atoms with Crippen molar-refractivity contribution in [2.45, 2.75) is 54.6 Å². The molecule has 23 heavy (non-hydrogen) atoms. The highest BCUT2D eigenvalue weighted by Gasteiger charge is 2.58. The Morgan fingerprint density at radius 2 is 1.70 bits per heavy atom. The van der Waals surface area contributed by atoms with Crippen LogP contribution in [0.1, 0.15) is 33.6 Å². The van der Waals surface area contributed by atoms with Crippen LogP contribution in [0, 0.1) is 5.92 Å². The lowest BCUT2D eigenvalue weighted by Crippen LogP contribution is -2.54. The zero-order chi connectivity index (χ0) is 17.5. The lowest BCUT2D eigenvalue weighted by Gasteiger charge is -2.30. The van der Waals surface area contributed by atoms with E-state index in [4.69, 9.17) is 0 Å². The largest absolute Gasteiger partial charge is 0.366 e. The van der Waals surface area contributed by atoms with Gasteiger partial charge in [-0.2, -0.15) is 8.78 Å². The molecular weight excluding hydrogens is 344 g/mol. The van der Waals surface area contributed by atoms with Gasteiger partial charge in [0, 0.05) is 0 Å². The van der Waals surface area contributed by atoms with Crippen molar-refractivity contribution in [3.63, 3.8) is 0 Å². The minimum absolute atomic E-state index is 0.431. The molecule has 1 aliphatic rings. The van der Waals surface area contributed by atoms with Crippen molar-refractivity contribution in [3.8, 4) is 0 Å². The SMILES string of the molecule is CC(C)(C)[S@](=O)N[C@@H](C1CC1)C(F)(F)S(=O)(=O)c1ccccc1. The van der Waals surface area contributed by atoms with Crippen LogP contribution in [0.2, 0.25) is 0 Å².